The second kappa shape index (κ2) is 10.9. The predicted octanol–water partition coefficient (Wildman–Crippen LogP) is 7.14. The number of anilines is 1. The van der Waals surface area contributed by atoms with Crippen LogP contribution in [0.15, 0.2) is 66.9 Å². The van der Waals surface area contributed by atoms with E-state index in [1.807, 2.05) is 0 Å². The smallest absolute Gasteiger partial charge is 0.276 e. The summed E-state index contributed by atoms with van der Waals surface area (Å²) in [4.78, 5) is 23.6. The number of carbonyl (C=O) groups excluding carboxylic acids is 1. The number of nitrogens with zero attached hydrogens (tertiary/aromatic N) is 3. The summed E-state index contributed by atoms with van der Waals surface area (Å²) in [6.45, 7) is 1.74. The van der Waals surface area contributed by atoms with Crippen molar-refractivity contribution in [3.05, 3.63) is 103 Å². The molecule has 0 unspecified atom stereocenters. The number of amides is 1. The number of carbonyl (C=O) groups is 1. The van der Waals surface area contributed by atoms with Crippen LogP contribution in [0.3, 0.4) is 0 Å². The van der Waals surface area contributed by atoms with E-state index in [0.29, 0.717) is 26.6 Å². The van der Waals surface area contributed by atoms with E-state index in [1.54, 1.807) is 43.3 Å². The van der Waals surface area contributed by atoms with Crippen LogP contribution in [0.2, 0.25) is 15.1 Å². The molecule has 0 spiro atoms. The van der Waals surface area contributed by atoms with Gasteiger partial charge in [0, 0.05) is 23.4 Å². The van der Waals surface area contributed by atoms with Gasteiger partial charge in [-0.1, -0.05) is 40.9 Å². The van der Waals surface area contributed by atoms with E-state index in [0.717, 1.165) is 5.56 Å². The average Bonchev–Trinajstić information content (AvgIpc) is 3.30. The minimum absolute atomic E-state index is 0.0496. The summed E-state index contributed by atoms with van der Waals surface area (Å²) in [6.07, 6.45) is 1.53. The van der Waals surface area contributed by atoms with Gasteiger partial charge in [-0.05, 0) is 48.9 Å². The molecule has 1 N–H and O–H groups in total. The number of nitro benzene ring substituents is 1. The normalized spacial score (nSPS) is 10.7. The second-order valence-electron chi connectivity index (χ2n) is 7.50. The van der Waals surface area contributed by atoms with Gasteiger partial charge in [0.2, 0.25) is 0 Å². The van der Waals surface area contributed by atoms with Gasteiger partial charge in [-0.2, -0.15) is 5.10 Å². The maximum absolute atomic E-state index is 12.8. The molecule has 0 aliphatic carbocycles. The molecule has 1 amide bonds. The molecule has 0 saturated heterocycles. The predicted molar refractivity (Wildman–Crippen MR) is 137 cm³/mol. The summed E-state index contributed by atoms with van der Waals surface area (Å²) in [5, 5.41) is 19.4. The van der Waals surface area contributed by atoms with Crippen LogP contribution in [0.5, 0.6) is 17.2 Å². The lowest BCUT2D eigenvalue weighted by atomic mass is 10.2. The molecule has 0 aliphatic heterocycles. The van der Waals surface area contributed by atoms with Gasteiger partial charge in [0.1, 0.15) is 11.5 Å². The Morgan fingerprint density at radius 2 is 1.83 bits per heavy atom. The van der Waals surface area contributed by atoms with Gasteiger partial charge in [-0.15, -0.1) is 0 Å². The van der Waals surface area contributed by atoms with E-state index in [1.165, 1.54) is 35.1 Å². The third-order valence-corrected chi connectivity index (χ3v) is 5.69. The number of ether oxygens (including phenoxy) is 2. The van der Waals surface area contributed by atoms with Crippen LogP contribution in [-0.4, -0.2) is 20.6 Å². The number of para-hydroxylation sites is 1. The second-order valence-corrected chi connectivity index (χ2v) is 8.75. The number of benzene rings is 3. The zero-order valence-corrected chi connectivity index (χ0v) is 20.8. The Balaban J connectivity index is 1.49. The summed E-state index contributed by atoms with van der Waals surface area (Å²) >= 11 is 18.2. The van der Waals surface area contributed by atoms with Gasteiger partial charge < -0.3 is 14.8 Å². The number of aromatic nitrogens is 2. The topological polar surface area (TPSA) is 109 Å². The summed E-state index contributed by atoms with van der Waals surface area (Å²) in [6, 6.07) is 15.4. The first-order valence-electron chi connectivity index (χ1n) is 10.3. The van der Waals surface area contributed by atoms with E-state index < -0.39 is 10.8 Å². The number of aryl methyl sites for hydroxylation is 1. The van der Waals surface area contributed by atoms with E-state index >= 15 is 0 Å². The number of rotatable bonds is 8. The van der Waals surface area contributed by atoms with Crippen molar-refractivity contribution >= 4 is 52.1 Å². The molecule has 3 aromatic carbocycles. The van der Waals surface area contributed by atoms with Gasteiger partial charge in [-0.3, -0.25) is 14.9 Å². The van der Waals surface area contributed by atoms with Crippen molar-refractivity contribution in [1.82, 2.24) is 9.78 Å². The number of nitro groups is 1. The molecule has 0 atom stereocenters. The number of hydrogen-bond donors (Lipinski definition) is 1. The Kier molecular flexibility index (Phi) is 7.64. The monoisotopic (exact) mass is 546 g/mol. The zero-order valence-electron chi connectivity index (χ0n) is 18.6. The maximum atomic E-state index is 12.8. The Morgan fingerprint density at radius 3 is 2.53 bits per heavy atom. The zero-order chi connectivity index (χ0) is 25.8. The highest BCUT2D eigenvalue weighted by molar-refractivity contribution is 6.37. The molecule has 36 heavy (non-hydrogen) atoms. The third kappa shape index (κ3) is 6.06. The average molecular weight is 548 g/mol. The minimum atomic E-state index is -0.585. The van der Waals surface area contributed by atoms with E-state index in [9.17, 15) is 14.9 Å². The summed E-state index contributed by atoms with van der Waals surface area (Å²) in [7, 11) is 0. The molecule has 12 heteroatoms. The van der Waals surface area contributed by atoms with Crippen molar-refractivity contribution in [1.29, 1.82) is 0 Å². The molecule has 1 aromatic heterocycles. The summed E-state index contributed by atoms with van der Waals surface area (Å²) in [5.41, 5.74) is 0.700. The van der Waals surface area contributed by atoms with Crippen molar-refractivity contribution in [2.75, 3.05) is 5.32 Å². The molecular weight excluding hydrogens is 531 g/mol. The fraction of sp³-hybridized carbons (Fsp3) is 0.0833. The molecular formula is C24H17Cl3N4O5. The molecule has 4 rings (SSSR count). The molecule has 1 heterocycles. The third-order valence-electron chi connectivity index (χ3n) is 4.86. The number of halogens is 3. The van der Waals surface area contributed by atoms with Crippen molar-refractivity contribution < 1.29 is 19.2 Å². The number of non-ortho nitro benzene ring substituents is 1. The quantitative estimate of drug-likeness (QED) is 0.185. The van der Waals surface area contributed by atoms with Crippen molar-refractivity contribution in [3.8, 4) is 17.2 Å². The molecule has 184 valence electrons. The maximum Gasteiger partial charge on any atom is 0.276 e. The van der Waals surface area contributed by atoms with Gasteiger partial charge in [0.15, 0.2) is 18.2 Å². The fourth-order valence-electron chi connectivity index (χ4n) is 3.18. The molecule has 0 radical (unpaired) electrons. The standard InChI is InChI=1S/C24H17Cl3N4O5/c1-14-9-15(25)5-6-22(14)36-18-11-16(10-17(12-18)31(33)34)28-24(32)21-7-8-30(29-21)13-35-23-19(26)3-2-4-20(23)27/h2-12H,13H2,1H3,(H,28,32). The Bertz CT molecular complexity index is 1440. The first kappa shape index (κ1) is 25.3. The largest absolute Gasteiger partial charge is 0.468 e. The molecule has 0 aliphatic rings. The lowest BCUT2D eigenvalue weighted by Gasteiger charge is -2.11. The van der Waals surface area contributed by atoms with Crippen LogP contribution in [0.4, 0.5) is 11.4 Å². The summed E-state index contributed by atoms with van der Waals surface area (Å²) < 4.78 is 12.8. The molecule has 9 nitrogen and oxygen atoms in total. The highest BCUT2D eigenvalue weighted by Gasteiger charge is 2.16. The Morgan fingerprint density at radius 1 is 1.08 bits per heavy atom. The molecule has 0 bridgehead atoms. The molecule has 0 fully saturated rings. The van der Waals surface area contributed by atoms with Crippen LogP contribution in [0, 0.1) is 17.0 Å². The van der Waals surface area contributed by atoms with Gasteiger partial charge >= 0.3 is 0 Å². The fourth-order valence-corrected chi connectivity index (χ4v) is 3.91. The molecule has 0 saturated carbocycles. The molecule has 4 aromatic rings. The van der Waals surface area contributed by atoms with Crippen LogP contribution < -0.4 is 14.8 Å². The Hall–Kier alpha value is -3.79. The van der Waals surface area contributed by atoms with Crippen molar-refractivity contribution in [3.63, 3.8) is 0 Å². The van der Waals surface area contributed by atoms with Gasteiger partial charge in [0.05, 0.1) is 26.7 Å². The van der Waals surface area contributed by atoms with Crippen LogP contribution in [0.25, 0.3) is 0 Å². The first-order valence-corrected chi connectivity index (χ1v) is 11.5. The highest BCUT2D eigenvalue weighted by atomic mass is 35.5. The van der Waals surface area contributed by atoms with E-state index in [4.69, 9.17) is 44.3 Å². The highest BCUT2D eigenvalue weighted by Crippen LogP contribution is 2.33. The minimum Gasteiger partial charge on any atom is -0.468 e. The van der Waals surface area contributed by atoms with Crippen LogP contribution >= 0.6 is 34.8 Å². The lowest BCUT2D eigenvalue weighted by molar-refractivity contribution is -0.384. The lowest BCUT2D eigenvalue weighted by Crippen LogP contribution is -2.14. The van der Waals surface area contributed by atoms with Crippen LogP contribution in [0.1, 0.15) is 16.1 Å². The van der Waals surface area contributed by atoms with E-state index in [-0.39, 0.29) is 29.5 Å². The van der Waals surface area contributed by atoms with Gasteiger partial charge in [-0.25, -0.2) is 4.68 Å². The first-order chi connectivity index (χ1) is 17.2. The Labute approximate surface area is 220 Å². The number of hydrogen-bond acceptors (Lipinski definition) is 6. The summed E-state index contributed by atoms with van der Waals surface area (Å²) in [5.74, 6) is 0.344. The SMILES string of the molecule is Cc1cc(Cl)ccc1Oc1cc(NC(=O)c2ccn(COc3c(Cl)cccc3Cl)n2)cc([N+](=O)[O-])c1. The van der Waals surface area contributed by atoms with Gasteiger partial charge in [0.25, 0.3) is 11.6 Å². The number of nitrogens with one attached hydrogen (secondary N) is 1. The van der Waals surface area contributed by atoms with E-state index in [2.05, 4.69) is 10.4 Å². The van der Waals surface area contributed by atoms with Crippen molar-refractivity contribution in [2.45, 2.75) is 13.7 Å². The van der Waals surface area contributed by atoms with Crippen LogP contribution in [-0.2, 0) is 6.73 Å². The van der Waals surface area contributed by atoms with Crippen molar-refractivity contribution in [2.24, 2.45) is 0 Å².